The highest BCUT2D eigenvalue weighted by Gasteiger charge is 2.04. The smallest absolute Gasteiger partial charge is 0.119 e. The molecule has 0 amide bonds. The van der Waals surface area contributed by atoms with Gasteiger partial charge in [0.15, 0.2) is 0 Å². The molecule has 0 aliphatic heterocycles. The molecule has 100 valence electrons. The average molecular weight is 255 g/mol. The minimum absolute atomic E-state index is 0.919. The van der Waals surface area contributed by atoms with Gasteiger partial charge in [0.05, 0.1) is 7.11 Å². The summed E-state index contributed by atoms with van der Waals surface area (Å²) in [5.41, 5.74) is 4.05. The Labute approximate surface area is 115 Å². The van der Waals surface area contributed by atoms with E-state index in [0.29, 0.717) is 0 Å². The maximum absolute atomic E-state index is 5.28. The van der Waals surface area contributed by atoms with Crippen molar-refractivity contribution in [1.29, 1.82) is 0 Å². The van der Waals surface area contributed by atoms with E-state index < -0.39 is 0 Å². The van der Waals surface area contributed by atoms with Crippen molar-refractivity contribution in [2.24, 2.45) is 0 Å². The molecular formula is C17H21NO. The van der Waals surface area contributed by atoms with E-state index in [1.54, 1.807) is 7.11 Å². The molecule has 0 unspecified atom stereocenters. The summed E-state index contributed by atoms with van der Waals surface area (Å²) < 4.78 is 5.28. The predicted octanol–water partition coefficient (Wildman–Crippen LogP) is 3.35. The number of hydrogen-bond acceptors (Lipinski definition) is 2. The summed E-state index contributed by atoms with van der Waals surface area (Å²) in [7, 11) is 5.91. The fourth-order valence-electron chi connectivity index (χ4n) is 2.23. The van der Waals surface area contributed by atoms with Gasteiger partial charge in [-0.05, 0) is 49.3 Å². The summed E-state index contributed by atoms with van der Waals surface area (Å²) in [6.07, 6.45) is 0.946. The normalized spacial score (nSPS) is 10.7. The highest BCUT2D eigenvalue weighted by molar-refractivity contribution is 5.36. The van der Waals surface area contributed by atoms with Crippen LogP contribution in [0.1, 0.15) is 16.7 Å². The number of hydrogen-bond donors (Lipinski definition) is 0. The van der Waals surface area contributed by atoms with Crippen LogP contribution in [0.4, 0.5) is 0 Å². The van der Waals surface area contributed by atoms with E-state index in [2.05, 4.69) is 55.4 Å². The summed E-state index contributed by atoms with van der Waals surface area (Å²) in [4.78, 5) is 2.20. The van der Waals surface area contributed by atoms with Crippen molar-refractivity contribution in [2.75, 3.05) is 21.2 Å². The van der Waals surface area contributed by atoms with Gasteiger partial charge in [-0.15, -0.1) is 0 Å². The van der Waals surface area contributed by atoms with Crippen LogP contribution < -0.4 is 4.74 Å². The molecule has 0 heterocycles. The van der Waals surface area contributed by atoms with E-state index in [9.17, 15) is 0 Å². The van der Waals surface area contributed by atoms with E-state index in [4.69, 9.17) is 4.74 Å². The Bertz CT molecular complexity index is 534. The Hall–Kier alpha value is -1.80. The second-order valence-corrected chi connectivity index (χ2v) is 5.03. The molecular weight excluding hydrogens is 234 g/mol. The van der Waals surface area contributed by atoms with Crippen molar-refractivity contribution in [3.05, 3.63) is 65.2 Å². The highest BCUT2D eigenvalue weighted by atomic mass is 16.5. The van der Waals surface area contributed by atoms with Gasteiger partial charge in [-0.25, -0.2) is 0 Å². The minimum Gasteiger partial charge on any atom is -0.497 e. The zero-order chi connectivity index (χ0) is 13.7. The Morgan fingerprint density at radius 1 is 0.947 bits per heavy atom. The third-order valence-corrected chi connectivity index (χ3v) is 3.13. The van der Waals surface area contributed by atoms with Crippen LogP contribution in [0, 0.1) is 0 Å². The molecule has 0 saturated heterocycles. The van der Waals surface area contributed by atoms with Gasteiger partial charge >= 0.3 is 0 Å². The second kappa shape index (κ2) is 6.39. The van der Waals surface area contributed by atoms with Crippen molar-refractivity contribution >= 4 is 0 Å². The van der Waals surface area contributed by atoms with Crippen LogP contribution in [0.15, 0.2) is 48.5 Å². The lowest BCUT2D eigenvalue weighted by Gasteiger charge is -2.14. The summed E-state index contributed by atoms with van der Waals surface area (Å²) in [5.74, 6) is 0.919. The highest BCUT2D eigenvalue weighted by Crippen LogP contribution is 2.19. The van der Waals surface area contributed by atoms with Gasteiger partial charge in [0.2, 0.25) is 0 Å². The molecule has 2 heteroatoms. The molecule has 0 spiro atoms. The maximum Gasteiger partial charge on any atom is 0.119 e. The minimum atomic E-state index is 0.919. The number of ether oxygens (including phenoxy) is 1. The molecule has 2 aromatic rings. The predicted molar refractivity (Wildman–Crippen MR) is 79.6 cm³/mol. The topological polar surface area (TPSA) is 12.5 Å². The monoisotopic (exact) mass is 255 g/mol. The molecule has 0 atom stereocenters. The maximum atomic E-state index is 5.28. The lowest BCUT2D eigenvalue weighted by Crippen LogP contribution is -2.12. The number of rotatable bonds is 5. The van der Waals surface area contributed by atoms with Crippen molar-refractivity contribution < 1.29 is 4.74 Å². The first-order valence-electron chi connectivity index (χ1n) is 6.53. The van der Waals surface area contributed by atoms with Gasteiger partial charge in [-0.3, -0.25) is 0 Å². The fraction of sp³-hybridized carbons (Fsp3) is 0.294. The molecule has 2 nitrogen and oxygen atoms in total. The molecule has 19 heavy (non-hydrogen) atoms. The average Bonchev–Trinajstić information content (AvgIpc) is 2.41. The number of nitrogens with zero attached hydrogens (tertiary/aromatic N) is 1. The molecule has 0 aromatic heterocycles. The van der Waals surface area contributed by atoms with E-state index in [1.165, 1.54) is 16.7 Å². The van der Waals surface area contributed by atoms with Gasteiger partial charge in [0.25, 0.3) is 0 Å². The summed E-state index contributed by atoms with van der Waals surface area (Å²) in [6, 6.07) is 16.9. The van der Waals surface area contributed by atoms with Crippen LogP contribution in [-0.4, -0.2) is 26.1 Å². The van der Waals surface area contributed by atoms with Crippen LogP contribution in [0.3, 0.4) is 0 Å². The summed E-state index contributed by atoms with van der Waals surface area (Å²) in [5, 5.41) is 0. The quantitative estimate of drug-likeness (QED) is 0.812. The van der Waals surface area contributed by atoms with E-state index >= 15 is 0 Å². The van der Waals surface area contributed by atoms with E-state index in [1.807, 2.05) is 12.1 Å². The third-order valence-electron chi connectivity index (χ3n) is 3.13. The molecule has 2 rings (SSSR count). The Morgan fingerprint density at radius 3 is 2.37 bits per heavy atom. The van der Waals surface area contributed by atoms with Crippen molar-refractivity contribution in [3.63, 3.8) is 0 Å². The molecule has 0 aliphatic rings. The molecule has 0 aliphatic carbocycles. The van der Waals surface area contributed by atoms with Gasteiger partial charge in [0.1, 0.15) is 5.75 Å². The first-order valence-corrected chi connectivity index (χ1v) is 6.53. The summed E-state index contributed by atoms with van der Waals surface area (Å²) >= 11 is 0. The Morgan fingerprint density at radius 2 is 1.68 bits per heavy atom. The largest absolute Gasteiger partial charge is 0.497 e. The van der Waals surface area contributed by atoms with E-state index in [-0.39, 0.29) is 0 Å². The molecule has 0 N–H and O–H groups in total. The van der Waals surface area contributed by atoms with Gasteiger partial charge in [0, 0.05) is 6.54 Å². The van der Waals surface area contributed by atoms with Gasteiger partial charge in [-0.1, -0.05) is 36.4 Å². The van der Waals surface area contributed by atoms with Crippen molar-refractivity contribution in [1.82, 2.24) is 4.90 Å². The lowest BCUT2D eigenvalue weighted by molar-refractivity contribution is 0.401. The zero-order valence-corrected chi connectivity index (χ0v) is 11.9. The second-order valence-electron chi connectivity index (χ2n) is 5.03. The Kier molecular flexibility index (Phi) is 4.58. The van der Waals surface area contributed by atoms with Crippen LogP contribution in [-0.2, 0) is 13.0 Å². The first-order chi connectivity index (χ1) is 9.19. The molecule has 0 bridgehead atoms. The van der Waals surface area contributed by atoms with Crippen molar-refractivity contribution in [2.45, 2.75) is 13.0 Å². The van der Waals surface area contributed by atoms with Crippen LogP contribution >= 0.6 is 0 Å². The fourth-order valence-corrected chi connectivity index (χ4v) is 2.23. The molecule has 0 saturated carbocycles. The Balaban J connectivity index is 2.22. The SMILES string of the molecule is COc1cccc(Cc2ccccc2CN(C)C)c1. The first kappa shape index (κ1) is 13.6. The standard InChI is InChI=1S/C17H21NO/c1-18(2)13-16-9-5-4-8-15(16)11-14-7-6-10-17(12-14)19-3/h4-10,12H,11,13H2,1-3H3. The molecule has 0 radical (unpaired) electrons. The lowest BCUT2D eigenvalue weighted by atomic mass is 9.99. The van der Waals surface area contributed by atoms with Crippen LogP contribution in [0.25, 0.3) is 0 Å². The van der Waals surface area contributed by atoms with Crippen LogP contribution in [0.2, 0.25) is 0 Å². The molecule has 0 fully saturated rings. The van der Waals surface area contributed by atoms with Crippen molar-refractivity contribution in [3.8, 4) is 5.75 Å². The van der Waals surface area contributed by atoms with Gasteiger partial charge in [-0.2, -0.15) is 0 Å². The number of benzene rings is 2. The van der Waals surface area contributed by atoms with E-state index in [0.717, 1.165) is 18.7 Å². The molecule has 2 aromatic carbocycles. The zero-order valence-electron chi connectivity index (χ0n) is 11.9. The number of methoxy groups -OCH3 is 1. The van der Waals surface area contributed by atoms with Crippen LogP contribution in [0.5, 0.6) is 5.75 Å². The summed E-state index contributed by atoms with van der Waals surface area (Å²) in [6.45, 7) is 0.972. The van der Waals surface area contributed by atoms with Gasteiger partial charge < -0.3 is 9.64 Å². The third kappa shape index (κ3) is 3.83.